The summed E-state index contributed by atoms with van der Waals surface area (Å²) >= 11 is 7.71. The first kappa shape index (κ1) is 22.7. The molecule has 13 heteroatoms. The Morgan fingerprint density at radius 2 is 1.91 bits per heavy atom. The van der Waals surface area contributed by atoms with Crippen molar-refractivity contribution in [2.45, 2.75) is 11.3 Å². The topological polar surface area (TPSA) is 115 Å². The van der Waals surface area contributed by atoms with Crippen molar-refractivity contribution in [2.75, 3.05) is 17.3 Å². The molecule has 0 aliphatic heterocycles. The maximum Gasteiger partial charge on any atom is 0.416 e. The highest BCUT2D eigenvalue weighted by molar-refractivity contribution is 7.98. The number of nitrogens with zero attached hydrogens (tertiary/aromatic N) is 4. The lowest BCUT2D eigenvalue weighted by molar-refractivity contribution is -0.137. The molecule has 0 spiro atoms. The molecule has 0 radical (unpaired) electrons. The molecule has 4 N–H and O–H groups in total. The average molecular weight is 494 g/mol. The zero-order chi connectivity index (χ0) is 23.6. The molecule has 2 aromatic carbocycles. The smallest absolute Gasteiger partial charge is 0.416 e. The molecule has 0 aliphatic carbocycles. The van der Waals surface area contributed by atoms with Crippen LogP contribution in [-0.4, -0.2) is 31.4 Å². The number of nitrogens with one attached hydrogen (secondary N) is 2. The number of anilines is 3. The molecule has 33 heavy (non-hydrogen) atoms. The van der Waals surface area contributed by atoms with E-state index in [1.54, 1.807) is 18.2 Å². The minimum Gasteiger partial charge on any atom is -0.439 e. The highest BCUT2D eigenvalue weighted by Crippen LogP contribution is 2.33. The molecule has 170 valence electrons. The van der Waals surface area contributed by atoms with Crippen molar-refractivity contribution in [2.24, 2.45) is 0 Å². The number of H-pyrrole nitrogens is 1. The molecule has 2 aromatic heterocycles. The first-order chi connectivity index (χ1) is 15.7. The standard InChI is InChI=1S/C20H15ClF3N7OS/c1-33-19-27-15(25)9-16(28-19)32-12-5-6-13(14(21)8-12)17-29-18(31-30-17)26-11-4-2-3-10(7-11)20(22,23)24/h2-9H,1H3,(H2,25,27,28)(H2,26,29,30,31). The fourth-order valence-electron chi connectivity index (χ4n) is 2.79. The van der Waals surface area contributed by atoms with Gasteiger partial charge in [-0.3, -0.25) is 0 Å². The van der Waals surface area contributed by atoms with Gasteiger partial charge in [0.1, 0.15) is 11.6 Å². The van der Waals surface area contributed by atoms with Crippen molar-refractivity contribution in [3.05, 3.63) is 59.1 Å². The largest absolute Gasteiger partial charge is 0.439 e. The highest BCUT2D eigenvalue weighted by Gasteiger charge is 2.30. The number of aromatic amines is 1. The normalized spacial score (nSPS) is 11.4. The molecule has 0 saturated heterocycles. The van der Waals surface area contributed by atoms with Crippen LogP contribution in [0.5, 0.6) is 11.6 Å². The Labute approximate surface area is 194 Å². The van der Waals surface area contributed by atoms with Gasteiger partial charge in [-0.05, 0) is 36.6 Å². The summed E-state index contributed by atoms with van der Waals surface area (Å²) in [6.07, 6.45) is -2.63. The van der Waals surface area contributed by atoms with Gasteiger partial charge in [-0.1, -0.05) is 29.4 Å². The minimum atomic E-state index is -4.45. The molecular formula is C20H15ClF3N7OS. The van der Waals surface area contributed by atoms with Crippen molar-refractivity contribution >= 4 is 40.8 Å². The van der Waals surface area contributed by atoms with Crippen molar-refractivity contribution in [3.8, 4) is 23.0 Å². The number of halogens is 4. The first-order valence-electron chi connectivity index (χ1n) is 9.24. The van der Waals surface area contributed by atoms with E-state index in [-0.39, 0.29) is 23.3 Å². The van der Waals surface area contributed by atoms with Gasteiger partial charge in [0, 0.05) is 23.4 Å². The summed E-state index contributed by atoms with van der Waals surface area (Å²) in [5.41, 5.74) is 5.70. The number of aromatic nitrogens is 5. The molecule has 0 bridgehead atoms. The summed E-state index contributed by atoms with van der Waals surface area (Å²) in [4.78, 5) is 11.2. The second kappa shape index (κ2) is 9.16. The Bertz CT molecular complexity index is 1300. The van der Waals surface area contributed by atoms with Crippen LogP contribution in [0.25, 0.3) is 11.4 Å². The van der Waals surface area contributed by atoms with Gasteiger partial charge >= 0.3 is 6.18 Å². The summed E-state index contributed by atoms with van der Waals surface area (Å²) in [7, 11) is 0. The molecule has 4 aromatic rings. The van der Waals surface area contributed by atoms with E-state index >= 15 is 0 Å². The van der Waals surface area contributed by atoms with Gasteiger partial charge in [0.15, 0.2) is 11.0 Å². The van der Waals surface area contributed by atoms with Gasteiger partial charge in [-0.15, -0.1) is 10.2 Å². The van der Waals surface area contributed by atoms with Crippen LogP contribution in [0.4, 0.5) is 30.6 Å². The molecule has 8 nitrogen and oxygen atoms in total. The maximum atomic E-state index is 12.9. The molecule has 0 atom stereocenters. The van der Waals surface area contributed by atoms with Gasteiger partial charge in [0.2, 0.25) is 11.8 Å². The van der Waals surface area contributed by atoms with Gasteiger partial charge in [0.05, 0.1) is 10.6 Å². The fourth-order valence-corrected chi connectivity index (χ4v) is 3.42. The lowest BCUT2D eigenvalue weighted by atomic mass is 10.2. The van der Waals surface area contributed by atoms with E-state index in [2.05, 4.69) is 30.5 Å². The van der Waals surface area contributed by atoms with Crippen molar-refractivity contribution in [1.29, 1.82) is 0 Å². The fraction of sp³-hybridized carbons (Fsp3) is 0.100. The van der Waals surface area contributed by atoms with Crippen LogP contribution in [0.1, 0.15) is 5.56 Å². The molecule has 0 amide bonds. The molecular weight excluding hydrogens is 479 g/mol. The molecule has 0 aliphatic rings. The number of thioether (sulfide) groups is 1. The number of nitrogens with two attached hydrogens (primary N) is 1. The Morgan fingerprint density at radius 3 is 2.64 bits per heavy atom. The number of nitrogen functional groups attached to an aromatic ring is 1. The second-order valence-electron chi connectivity index (χ2n) is 6.59. The van der Waals surface area contributed by atoms with E-state index in [1.807, 2.05) is 6.26 Å². The lowest BCUT2D eigenvalue weighted by Crippen LogP contribution is -2.05. The van der Waals surface area contributed by atoms with Crippen LogP contribution in [-0.2, 0) is 6.18 Å². The van der Waals surface area contributed by atoms with E-state index in [9.17, 15) is 13.2 Å². The Hall–Kier alpha value is -3.51. The average Bonchev–Trinajstić information content (AvgIpc) is 3.21. The Balaban J connectivity index is 1.51. The van der Waals surface area contributed by atoms with Crippen molar-refractivity contribution in [3.63, 3.8) is 0 Å². The summed E-state index contributed by atoms with van der Waals surface area (Å²) in [5.74, 6) is 1.42. The third kappa shape index (κ3) is 5.46. The van der Waals surface area contributed by atoms with E-state index in [0.717, 1.165) is 12.1 Å². The molecule has 4 rings (SSSR count). The SMILES string of the molecule is CSc1nc(N)cc(Oc2ccc(-c3nnc(Nc4cccc(C(F)(F)F)c4)[nH]3)c(Cl)c2)n1. The van der Waals surface area contributed by atoms with E-state index in [0.29, 0.717) is 27.3 Å². The highest BCUT2D eigenvalue weighted by atomic mass is 35.5. The van der Waals surface area contributed by atoms with E-state index < -0.39 is 11.7 Å². The van der Waals surface area contributed by atoms with Crippen LogP contribution in [0.15, 0.2) is 53.7 Å². The van der Waals surface area contributed by atoms with Gasteiger partial charge in [-0.25, -0.2) is 4.98 Å². The number of ether oxygens (including phenoxy) is 1. The Morgan fingerprint density at radius 1 is 1.09 bits per heavy atom. The van der Waals surface area contributed by atoms with Gasteiger partial charge < -0.3 is 20.8 Å². The summed E-state index contributed by atoms with van der Waals surface area (Å²) in [6, 6.07) is 11.1. The van der Waals surface area contributed by atoms with Gasteiger partial charge in [-0.2, -0.15) is 18.2 Å². The van der Waals surface area contributed by atoms with Gasteiger partial charge in [0.25, 0.3) is 0 Å². The summed E-state index contributed by atoms with van der Waals surface area (Å²) in [5, 5.41) is 11.5. The maximum absolute atomic E-state index is 12.9. The molecule has 2 heterocycles. The summed E-state index contributed by atoms with van der Waals surface area (Å²) < 4.78 is 44.4. The second-order valence-corrected chi connectivity index (χ2v) is 7.77. The van der Waals surface area contributed by atoms with E-state index in [4.69, 9.17) is 22.1 Å². The van der Waals surface area contributed by atoms with Crippen LogP contribution < -0.4 is 15.8 Å². The quantitative estimate of drug-likeness (QED) is 0.229. The zero-order valence-electron chi connectivity index (χ0n) is 16.8. The van der Waals surface area contributed by atoms with Crippen molar-refractivity contribution < 1.29 is 17.9 Å². The Kier molecular flexibility index (Phi) is 6.29. The number of alkyl halides is 3. The molecule has 0 fully saturated rings. The van der Waals surface area contributed by atoms with Crippen LogP contribution in [0.3, 0.4) is 0 Å². The van der Waals surface area contributed by atoms with Crippen LogP contribution in [0, 0.1) is 0 Å². The number of hydrogen-bond acceptors (Lipinski definition) is 8. The third-order valence-corrected chi connectivity index (χ3v) is 5.10. The van der Waals surface area contributed by atoms with Crippen LogP contribution in [0.2, 0.25) is 5.02 Å². The lowest BCUT2D eigenvalue weighted by Gasteiger charge is -2.09. The number of hydrogen-bond donors (Lipinski definition) is 3. The summed E-state index contributed by atoms with van der Waals surface area (Å²) in [6.45, 7) is 0. The first-order valence-corrected chi connectivity index (χ1v) is 10.8. The number of rotatable bonds is 6. The third-order valence-electron chi connectivity index (χ3n) is 4.24. The minimum absolute atomic E-state index is 0.154. The monoisotopic (exact) mass is 493 g/mol. The van der Waals surface area contributed by atoms with Crippen LogP contribution >= 0.6 is 23.4 Å². The van der Waals surface area contributed by atoms with E-state index in [1.165, 1.54) is 30.0 Å². The molecule has 0 unspecified atom stereocenters. The predicted octanol–water partition coefficient (Wildman–Crippen LogP) is 5.77. The predicted molar refractivity (Wildman–Crippen MR) is 120 cm³/mol. The zero-order valence-corrected chi connectivity index (χ0v) is 18.4. The van der Waals surface area contributed by atoms with Crippen molar-refractivity contribution in [1.82, 2.24) is 25.1 Å². The molecule has 0 saturated carbocycles. The number of benzene rings is 2.